The van der Waals surface area contributed by atoms with E-state index in [1.807, 2.05) is 48.6 Å². The summed E-state index contributed by atoms with van der Waals surface area (Å²) in [5, 5.41) is 2.71. The van der Waals surface area contributed by atoms with Crippen molar-refractivity contribution in [1.29, 1.82) is 0 Å². The van der Waals surface area contributed by atoms with E-state index >= 15 is 0 Å². The number of hydrogen-bond acceptors (Lipinski definition) is 3. The Labute approximate surface area is 120 Å². The SMILES string of the molecule is COC(=O)C(I)CNC(=O)c1ccc(C)c(C)c1. The lowest BCUT2D eigenvalue weighted by Crippen LogP contribution is -2.33. The van der Waals surface area contributed by atoms with Gasteiger partial charge in [0.15, 0.2) is 0 Å². The number of carbonyl (C=O) groups excluding carboxylic acids is 2. The lowest BCUT2D eigenvalue weighted by atomic mass is 10.1. The van der Waals surface area contributed by atoms with Crippen LogP contribution in [-0.4, -0.2) is 29.5 Å². The molecule has 1 rings (SSSR count). The number of amides is 1. The second-order valence-corrected chi connectivity index (χ2v) is 5.50. The summed E-state index contributed by atoms with van der Waals surface area (Å²) in [5.41, 5.74) is 2.82. The fourth-order valence-corrected chi connectivity index (χ4v) is 1.85. The van der Waals surface area contributed by atoms with Crippen LogP contribution in [0.4, 0.5) is 0 Å². The molecule has 0 saturated carbocycles. The van der Waals surface area contributed by atoms with Crippen LogP contribution in [0.3, 0.4) is 0 Å². The molecule has 5 heteroatoms. The summed E-state index contributed by atoms with van der Waals surface area (Å²) < 4.78 is 4.21. The van der Waals surface area contributed by atoms with Crippen molar-refractivity contribution in [2.45, 2.75) is 17.8 Å². The monoisotopic (exact) mass is 361 g/mol. The highest BCUT2D eigenvalue weighted by Gasteiger charge is 2.16. The number of rotatable bonds is 4. The van der Waals surface area contributed by atoms with Crippen molar-refractivity contribution in [3.63, 3.8) is 0 Å². The Hall–Kier alpha value is -1.11. The van der Waals surface area contributed by atoms with Gasteiger partial charge in [-0.25, -0.2) is 0 Å². The zero-order chi connectivity index (χ0) is 13.7. The Bertz CT molecular complexity index is 460. The van der Waals surface area contributed by atoms with Crippen molar-refractivity contribution < 1.29 is 14.3 Å². The zero-order valence-corrected chi connectivity index (χ0v) is 12.8. The summed E-state index contributed by atoms with van der Waals surface area (Å²) in [7, 11) is 1.33. The van der Waals surface area contributed by atoms with Gasteiger partial charge >= 0.3 is 5.97 Å². The molecule has 18 heavy (non-hydrogen) atoms. The van der Waals surface area contributed by atoms with Crippen LogP contribution in [0.25, 0.3) is 0 Å². The molecule has 0 aliphatic rings. The Balaban J connectivity index is 2.60. The molecule has 1 aromatic carbocycles. The van der Waals surface area contributed by atoms with Crippen molar-refractivity contribution >= 4 is 34.5 Å². The zero-order valence-electron chi connectivity index (χ0n) is 10.6. The van der Waals surface area contributed by atoms with Crippen LogP contribution in [0.1, 0.15) is 21.5 Å². The maximum atomic E-state index is 11.9. The third-order valence-electron chi connectivity index (χ3n) is 2.67. The van der Waals surface area contributed by atoms with E-state index in [1.165, 1.54) is 7.11 Å². The minimum atomic E-state index is -0.372. The first-order valence-electron chi connectivity index (χ1n) is 5.53. The van der Waals surface area contributed by atoms with E-state index in [0.717, 1.165) is 11.1 Å². The predicted octanol–water partition coefficient (Wildman–Crippen LogP) is 2.01. The number of halogens is 1. The normalized spacial score (nSPS) is 11.8. The van der Waals surface area contributed by atoms with Crippen LogP contribution in [0.2, 0.25) is 0 Å². The van der Waals surface area contributed by atoms with Crippen molar-refractivity contribution in [2.75, 3.05) is 13.7 Å². The fraction of sp³-hybridized carbons (Fsp3) is 0.385. The standard InChI is InChI=1S/C13H16INO3/c1-8-4-5-10(6-9(8)2)12(16)15-7-11(14)13(17)18-3/h4-6,11H,7H2,1-3H3,(H,15,16). The molecule has 0 fully saturated rings. The van der Waals surface area contributed by atoms with Crippen LogP contribution >= 0.6 is 22.6 Å². The van der Waals surface area contributed by atoms with Crippen LogP contribution in [0.15, 0.2) is 18.2 Å². The number of methoxy groups -OCH3 is 1. The largest absolute Gasteiger partial charge is 0.468 e. The Kier molecular flexibility index (Phi) is 5.58. The van der Waals surface area contributed by atoms with Gasteiger partial charge in [-0.2, -0.15) is 0 Å². The van der Waals surface area contributed by atoms with Gasteiger partial charge in [0.25, 0.3) is 5.91 Å². The van der Waals surface area contributed by atoms with Gasteiger partial charge in [-0.05, 0) is 37.1 Å². The minimum Gasteiger partial charge on any atom is -0.468 e. The first-order valence-corrected chi connectivity index (χ1v) is 6.77. The van der Waals surface area contributed by atoms with Gasteiger partial charge in [0.1, 0.15) is 3.92 Å². The summed E-state index contributed by atoms with van der Waals surface area (Å²) >= 11 is 1.94. The number of nitrogens with one attached hydrogen (secondary N) is 1. The quantitative estimate of drug-likeness (QED) is 0.507. The van der Waals surface area contributed by atoms with Crippen LogP contribution < -0.4 is 5.32 Å². The van der Waals surface area contributed by atoms with Crippen molar-refractivity contribution in [2.24, 2.45) is 0 Å². The second-order valence-electron chi connectivity index (χ2n) is 4.00. The van der Waals surface area contributed by atoms with E-state index < -0.39 is 0 Å². The van der Waals surface area contributed by atoms with Gasteiger partial charge < -0.3 is 10.1 Å². The first kappa shape index (κ1) is 14.9. The summed E-state index contributed by atoms with van der Waals surface area (Å²) in [6.07, 6.45) is 0. The molecule has 0 spiro atoms. The van der Waals surface area contributed by atoms with Gasteiger partial charge in [-0.15, -0.1) is 0 Å². The number of aryl methyl sites for hydroxylation is 2. The molecule has 1 amide bonds. The van der Waals surface area contributed by atoms with E-state index in [2.05, 4.69) is 10.1 Å². The second kappa shape index (κ2) is 6.72. The van der Waals surface area contributed by atoms with Gasteiger partial charge in [-0.1, -0.05) is 28.7 Å². The highest BCUT2D eigenvalue weighted by Crippen LogP contribution is 2.10. The molecular formula is C13H16INO3. The molecule has 0 heterocycles. The van der Waals surface area contributed by atoms with E-state index in [9.17, 15) is 9.59 Å². The molecule has 1 atom stereocenters. The van der Waals surface area contributed by atoms with Crippen LogP contribution in [0, 0.1) is 13.8 Å². The van der Waals surface area contributed by atoms with E-state index in [1.54, 1.807) is 6.07 Å². The first-order chi connectivity index (χ1) is 8.45. The molecule has 0 bridgehead atoms. The maximum absolute atomic E-state index is 11.9. The van der Waals surface area contributed by atoms with Gasteiger partial charge in [0.05, 0.1) is 7.11 Å². The average molecular weight is 361 g/mol. The number of carbonyl (C=O) groups is 2. The number of alkyl halides is 1. The third kappa shape index (κ3) is 3.97. The summed E-state index contributed by atoms with van der Waals surface area (Å²) in [6, 6.07) is 5.52. The number of benzene rings is 1. The van der Waals surface area contributed by atoms with Gasteiger partial charge in [-0.3, -0.25) is 9.59 Å². The molecule has 0 aliphatic carbocycles. The molecule has 4 nitrogen and oxygen atoms in total. The van der Waals surface area contributed by atoms with Crippen LogP contribution in [-0.2, 0) is 9.53 Å². The number of hydrogen-bond donors (Lipinski definition) is 1. The number of esters is 1. The van der Waals surface area contributed by atoms with Gasteiger partial charge in [0, 0.05) is 12.1 Å². The van der Waals surface area contributed by atoms with Gasteiger partial charge in [0.2, 0.25) is 0 Å². The van der Waals surface area contributed by atoms with Crippen molar-refractivity contribution in [3.8, 4) is 0 Å². The maximum Gasteiger partial charge on any atom is 0.320 e. The smallest absolute Gasteiger partial charge is 0.320 e. The highest BCUT2D eigenvalue weighted by molar-refractivity contribution is 14.1. The average Bonchev–Trinajstić information content (AvgIpc) is 2.37. The van der Waals surface area contributed by atoms with E-state index in [-0.39, 0.29) is 22.3 Å². The molecule has 98 valence electrons. The van der Waals surface area contributed by atoms with Crippen molar-refractivity contribution in [1.82, 2.24) is 5.32 Å². The molecular weight excluding hydrogens is 345 g/mol. The molecule has 0 aromatic heterocycles. The molecule has 0 aliphatic heterocycles. The summed E-state index contributed by atoms with van der Waals surface area (Å²) in [4.78, 5) is 23.0. The van der Waals surface area contributed by atoms with Crippen molar-refractivity contribution in [3.05, 3.63) is 34.9 Å². The summed E-state index contributed by atoms with van der Waals surface area (Å²) in [5.74, 6) is -0.514. The third-order valence-corrected chi connectivity index (χ3v) is 3.62. The predicted molar refractivity (Wildman–Crippen MR) is 78.1 cm³/mol. The highest BCUT2D eigenvalue weighted by atomic mass is 127. The van der Waals surface area contributed by atoms with Crippen LogP contribution in [0.5, 0.6) is 0 Å². The van der Waals surface area contributed by atoms with E-state index in [0.29, 0.717) is 5.56 Å². The molecule has 1 aromatic rings. The lowest BCUT2D eigenvalue weighted by molar-refractivity contribution is -0.139. The summed E-state index contributed by atoms with van der Waals surface area (Å²) in [6.45, 7) is 4.22. The number of ether oxygens (including phenoxy) is 1. The molecule has 0 radical (unpaired) electrons. The Morgan fingerprint density at radius 2 is 2.00 bits per heavy atom. The fourth-order valence-electron chi connectivity index (χ4n) is 1.38. The molecule has 1 unspecified atom stereocenters. The Morgan fingerprint density at radius 1 is 1.33 bits per heavy atom. The Morgan fingerprint density at radius 3 is 2.56 bits per heavy atom. The minimum absolute atomic E-state index is 0.177. The molecule has 1 N–H and O–H groups in total. The lowest BCUT2D eigenvalue weighted by Gasteiger charge is -2.10. The molecule has 0 saturated heterocycles. The topological polar surface area (TPSA) is 55.4 Å². The van der Waals surface area contributed by atoms with E-state index in [4.69, 9.17) is 0 Å².